The zero-order valence-corrected chi connectivity index (χ0v) is 11.0. The highest BCUT2D eigenvalue weighted by atomic mass is 14.8. The Morgan fingerprint density at radius 3 is 2.82 bits per heavy atom. The summed E-state index contributed by atoms with van der Waals surface area (Å²) in [7, 11) is 0. The van der Waals surface area contributed by atoms with Gasteiger partial charge in [0.15, 0.2) is 0 Å². The van der Waals surface area contributed by atoms with E-state index < -0.39 is 0 Å². The van der Waals surface area contributed by atoms with Crippen molar-refractivity contribution in [3.63, 3.8) is 0 Å². The van der Waals surface area contributed by atoms with Gasteiger partial charge in [0.25, 0.3) is 0 Å². The highest BCUT2D eigenvalue weighted by molar-refractivity contribution is 5.52. The third-order valence-corrected chi connectivity index (χ3v) is 2.91. The number of nitrogens with one attached hydrogen (secondary N) is 2. The first kappa shape index (κ1) is 13.8. The van der Waals surface area contributed by atoms with Crippen molar-refractivity contribution in [2.24, 2.45) is 5.92 Å². The van der Waals surface area contributed by atoms with Crippen LogP contribution in [0.3, 0.4) is 0 Å². The maximum Gasteiger partial charge on any atom is 0.0412 e. The molecule has 0 saturated heterocycles. The smallest absolute Gasteiger partial charge is 0.0412 e. The molecule has 0 amide bonds. The molecule has 1 atom stereocenters. The lowest BCUT2D eigenvalue weighted by molar-refractivity contribution is 0.505. The van der Waals surface area contributed by atoms with Gasteiger partial charge in [-0.2, -0.15) is 0 Å². The number of rotatable bonds is 8. The summed E-state index contributed by atoms with van der Waals surface area (Å²) in [6.45, 7) is 10.3. The molecule has 0 spiro atoms. The van der Waals surface area contributed by atoms with Crippen LogP contribution in [-0.2, 0) is 6.42 Å². The van der Waals surface area contributed by atoms with E-state index in [0.29, 0.717) is 5.92 Å². The quantitative estimate of drug-likeness (QED) is 0.671. The van der Waals surface area contributed by atoms with Crippen LogP contribution in [-0.4, -0.2) is 13.1 Å². The minimum Gasteiger partial charge on any atom is -0.362 e. The molecule has 94 valence electrons. The third kappa shape index (κ3) is 5.05. The summed E-state index contributed by atoms with van der Waals surface area (Å²) in [5.41, 5.74) is 2.55. The van der Waals surface area contributed by atoms with E-state index in [1.807, 2.05) is 0 Å². The third-order valence-electron chi connectivity index (χ3n) is 2.91. The van der Waals surface area contributed by atoms with E-state index in [1.165, 1.54) is 17.7 Å². The van der Waals surface area contributed by atoms with Crippen LogP contribution in [0.5, 0.6) is 0 Å². The lowest BCUT2D eigenvalue weighted by Crippen LogP contribution is -2.17. The molecule has 0 aliphatic rings. The summed E-state index contributed by atoms with van der Waals surface area (Å²) in [5.74, 6) is 0.696. The summed E-state index contributed by atoms with van der Waals surface area (Å²) in [6, 6.07) is 8.45. The molecule has 2 nitrogen and oxygen atoms in total. The Hall–Kier alpha value is -1.28. The summed E-state index contributed by atoms with van der Waals surface area (Å²) in [5, 5.41) is 6.57. The second kappa shape index (κ2) is 7.91. The van der Waals surface area contributed by atoms with Gasteiger partial charge in [0.2, 0.25) is 0 Å². The Balaban J connectivity index is 2.51. The maximum absolute atomic E-state index is 3.72. The topological polar surface area (TPSA) is 24.1 Å². The molecule has 1 rings (SSSR count). The minimum absolute atomic E-state index is 0.696. The lowest BCUT2D eigenvalue weighted by atomic mass is 9.97. The summed E-state index contributed by atoms with van der Waals surface area (Å²) < 4.78 is 0. The van der Waals surface area contributed by atoms with Crippen LogP contribution in [0.1, 0.15) is 25.8 Å². The van der Waals surface area contributed by atoms with E-state index in [9.17, 15) is 0 Å². The minimum atomic E-state index is 0.696. The van der Waals surface area contributed by atoms with Crippen LogP contribution in [0.4, 0.5) is 5.69 Å². The van der Waals surface area contributed by atoms with Crippen LogP contribution in [0.25, 0.3) is 0 Å². The molecular weight excluding hydrogens is 208 g/mol. The summed E-state index contributed by atoms with van der Waals surface area (Å²) in [4.78, 5) is 0. The predicted octanol–water partition coefficient (Wildman–Crippen LogP) is 3.42. The molecule has 0 aromatic heterocycles. The average molecular weight is 232 g/mol. The summed E-state index contributed by atoms with van der Waals surface area (Å²) >= 11 is 0. The number of anilines is 1. The molecular formula is C15H24N2. The molecule has 1 aromatic carbocycles. The average Bonchev–Trinajstić information content (AvgIpc) is 2.32. The van der Waals surface area contributed by atoms with E-state index >= 15 is 0 Å². The lowest BCUT2D eigenvalue weighted by Gasteiger charge is -2.14. The fourth-order valence-corrected chi connectivity index (χ4v) is 1.95. The van der Waals surface area contributed by atoms with E-state index in [-0.39, 0.29) is 0 Å². The SMILES string of the molecule is C=CNc1ccccc1CC(C)CCNCC. The predicted molar refractivity (Wildman–Crippen MR) is 76.3 cm³/mol. The van der Waals surface area contributed by atoms with Crippen LogP contribution in [0.2, 0.25) is 0 Å². The van der Waals surface area contributed by atoms with Gasteiger partial charge in [0.05, 0.1) is 0 Å². The highest BCUT2D eigenvalue weighted by Crippen LogP contribution is 2.20. The van der Waals surface area contributed by atoms with Gasteiger partial charge in [0, 0.05) is 5.69 Å². The number of para-hydroxylation sites is 1. The number of benzene rings is 1. The molecule has 0 saturated carbocycles. The van der Waals surface area contributed by atoms with Gasteiger partial charge in [-0.15, -0.1) is 0 Å². The second-order valence-electron chi connectivity index (χ2n) is 4.46. The second-order valence-corrected chi connectivity index (χ2v) is 4.46. The highest BCUT2D eigenvalue weighted by Gasteiger charge is 2.06. The van der Waals surface area contributed by atoms with Crippen LogP contribution >= 0.6 is 0 Å². The molecule has 0 aliphatic carbocycles. The molecule has 2 N–H and O–H groups in total. The molecule has 1 aromatic rings. The fraction of sp³-hybridized carbons (Fsp3) is 0.467. The van der Waals surface area contributed by atoms with Gasteiger partial charge in [-0.05, 0) is 49.7 Å². The normalized spacial score (nSPS) is 12.1. The van der Waals surface area contributed by atoms with Crippen LogP contribution in [0, 0.1) is 5.92 Å². The molecule has 17 heavy (non-hydrogen) atoms. The van der Waals surface area contributed by atoms with Gasteiger partial charge in [-0.3, -0.25) is 0 Å². The van der Waals surface area contributed by atoms with Gasteiger partial charge >= 0.3 is 0 Å². The Morgan fingerprint density at radius 1 is 1.35 bits per heavy atom. The zero-order valence-electron chi connectivity index (χ0n) is 11.0. The molecule has 0 aliphatic heterocycles. The van der Waals surface area contributed by atoms with Crippen molar-refractivity contribution >= 4 is 5.69 Å². The van der Waals surface area contributed by atoms with Gasteiger partial charge in [-0.25, -0.2) is 0 Å². The molecule has 0 fully saturated rings. The summed E-state index contributed by atoms with van der Waals surface area (Å²) in [6.07, 6.45) is 4.07. The largest absolute Gasteiger partial charge is 0.362 e. The van der Waals surface area contributed by atoms with Crippen molar-refractivity contribution < 1.29 is 0 Å². The first-order valence-corrected chi connectivity index (χ1v) is 6.44. The van der Waals surface area contributed by atoms with E-state index in [4.69, 9.17) is 0 Å². The van der Waals surface area contributed by atoms with Crippen molar-refractivity contribution in [1.29, 1.82) is 0 Å². The number of hydrogen-bond acceptors (Lipinski definition) is 2. The Labute approximate surface area is 105 Å². The Morgan fingerprint density at radius 2 is 2.12 bits per heavy atom. The van der Waals surface area contributed by atoms with Gasteiger partial charge in [-0.1, -0.05) is 38.6 Å². The van der Waals surface area contributed by atoms with Crippen LogP contribution in [0.15, 0.2) is 37.0 Å². The standard InChI is InChI=1S/C15H24N2/c1-4-16-11-10-13(3)12-14-8-6-7-9-15(14)17-5-2/h5-9,13,16-17H,2,4,10-12H2,1,3H3. The van der Waals surface area contributed by atoms with E-state index in [0.717, 1.165) is 19.5 Å². The van der Waals surface area contributed by atoms with Crippen molar-refractivity contribution in [3.05, 3.63) is 42.6 Å². The molecule has 0 bridgehead atoms. The van der Waals surface area contributed by atoms with E-state index in [1.54, 1.807) is 6.20 Å². The maximum atomic E-state index is 3.72. The van der Waals surface area contributed by atoms with Crippen molar-refractivity contribution in [3.8, 4) is 0 Å². The Kier molecular flexibility index (Phi) is 6.41. The van der Waals surface area contributed by atoms with Gasteiger partial charge in [0.1, 0.15) is 0 Å². The van der Waals surface area contributed by atoms with E-state index in [2.05, 4.69) is 55.3 Å². The first-order chi connectivity index (χ1) is 8.27. The molecule has 0 radical (unpaired) electrons. The van der Waals surface area contributed by atoms with Crippen LogP contribution < -0.4 is 10.6 Å². The van der Waals surface area contributed by atoms with Crippen molar-refractivity contribution in [2.45, 2.75) is 26.7 Å². The Bertz CT molecular complexity index is 333. The van der Waals surface area contributed by atoms with Crippen molar-refractivity contribution in [2.75, 3.05) is 18.4 Å². The zero-order chi connectivity index (χ0) is 12.5. The molecule has 1 unspecified atom stereocenters. The molecule has 2 heteroatoms. The van der Waals surface area contributed by atoms with Crippen molar-refractivity contribution in [1.82, 2.24) is 5.32 Å². The monoisotopic (exact) mass is 232 g/mol. The first-order valence-electron chi connectivity index (χ1n) is 6.44. The number of hydrogen-bond donors (Lipinski definition) is 2. The molecule has 0 heterocycles. The fourth-order valence-electron chi connectivity index (χ4n) is 1.95. The van der Waals surface area contributed by atoms with Gasteiger partial charge < -0.3 is 10.6 Å².